The van der Waals surface area contributed by atoms with E-state index in [9.17, 15) is 19.2 Å². The average molecular weight is 478 g/mol. The van der Waals surface area contributed by atoms with Crippen LogP contribution in [0, 0.1) is 0 Å². The Hall–Kier alpha value is -2.68. The van der Waals surface area contributed by atoms with Gasteiger partial charge in [-0.15, -0.1) is 0 Å². The number of nitrogens with one attached hydrogen (secondary N) is 2. The van der Waals surface area contributed by atoms with Crippen LogP contribution in [0.25, 0.3) is 0 Å². The molecule has 0 aromatic heterocycles. The van der Waals surface area contributed by atoms with Crippen LogP contribution >= 0.6 is 0 Å². The number of hydrogen-bond donors (Lipinski definition) is 4. The molecule has 0 saturated carbocycles. The first-order valence-corrected chi connectivity index (χ1v) is 10.5. The molecule has 33 heavy (non-hydrogen) atoms. The zero-order chi connectivity index (χ0) is 24.5. The highest BCUT2D eigenvalue weighted by atomic mass is 16.7. The van der Waals surface area contributed by atoms with Crippen LogP contribution in [0.3, 0.4) is 0 Å². The van der Waals surface area contributed by atoms with Gasteiger partial charge in [0.25, 0.3) is 11.6 Å². The third-order valence-corrected chi connectivity index (χ3v) is 4.90. The van der Waals surface area contributed by atoms with Gasteiger partial charge >= 0.3 is 24.1 Å². The minimum absolute atomic E-state index is 0.0873. The van der Waals surface area contributed by atoms with E-state index in [1.54, 1.807) is 0 Å². The fraction of sp³-hybridized carbons (Fsp3) is 0.789. The fourth-order valence-electron chi connectivity index (χ4n) is 2.76. The predicted octanol–water partition coefficient (Wildman–Crippen LogP) is 0.0415. The molecule has 0 unspecified atom stereocenters. The molecule has 0 spiro atoms. The van der Waals surface area contributed by atoms with Crippen LogP contribution in [0.15, 0.2) is 0 Å². The number of carboxylic acids is 2. The van der Waals surface area contributed by atoms with E-state index in [0.717, 1.165) is 0 Å². The number of rotatable bonds is 10. The van der Waals surface area contributed by atoms with Gasteiger partial charge in [0.15, 0.2) is 12.2 Å². The van der Waals surface area contributed by atoms with Crippen LogP contribution in [-0.4, -0.2) is 97.6 Å². The van der Waals surface area contributed by atoms with Gasteiger partial charge in [-0.3, -0.25) is 0 Å². The molecule has 2 aliphatic heterocycles. The van der Waals surface area contributed by atoms with E-state index >= 15 is 0 Å². The molecule has 0 atom stereocenters. The van der Waals surface area contributed by atoms with Crippen LogP contribution in [0.1, 0.15) is 33.1 Å². The Bertz CT molecular complexity index is 641. The summed E-state index contributed by atoms with van der Waals surface area (Å²) in [6, 6.07) is 0. The Morgan fingerprint density at radius 1 is 0.727 bits per heavy atom. The molecule has 2 saturated heterocycles. The number of ether oxygens (including phenoxy) is 6. The third kappa shape index (κ3) is 8.31. The Kier molecular flexibility index (Phi) is 9.64. The van der Waals surface area contributed by atoms with Gasteiger partial charge in [-0.2, -0.15) is 0 Å². The number of aliphatic carboxylic acids is 2. The largest absolute Gasteiger partial charge is 0.477 e. The quantitative estimate of drug-likeness (QED) is 0.309. The first-order valence-electron chi connectivity index (χ1n) is 10.5. The zero-order valence-electron chi connectivity index (χ0n) is 18.5. The van der Waals surface area contributed by atoms with Gasteiger partial charge in [0.2, 0.25) is 0 Å². The number of carbonyl (C=O) groups excluding carboxylic acids is 2. The molecule has 2 fully saturated rings. The SMILES string of the molecule is CC1(C(=O)O)OCC(OC(=O)NCCCCCNC(=O)OC2COC(C)(C(=O)O)OC2)CO1. The maximum atomic E-state index is 11.8. The van der Waals surface area contributed by atoms with E-state index in [1.165, 1.54) is 13.8 Å². The molecular formula is C19H30N2O12. The minimum atomic E-state index is -1.74. The van der Waals surface area contributed by atoms with E-state index in [1.807, 2.05) is 0 Å². The highest BCUT2D eigenvalue weighted by Gasteiger charge is 2.42. The number of unbranched alkanes of at least 4 members (excludes halogenated alkanes) is 2. The lowest BCUT2D eigenvalue weighted by molar-refractivity contribution is -0.278. The molecule has 14 nitrogen and oxygen atoms in total. The summed E-state index contributed by atoms with van der Waals surface area (Å²) in [6.07, 6.45) is -0.750. The summed E-state index contributed by atoms with van der Waals surface area (Å²) >= 11 is 0. The van der Waals surface area contributed by atoms with Crippen LogP contribution < -0.4 is 10.6 Å². The van der Waals surface area contributed by atoms with Crippen LogP contribution in [0.2, 0.25) is 0 Å². The number of hydrogen-bond acceptors (Lipinski definition) is 10. The fourth-order valence-corrected chi connectivity index (χ4v) is 2.76. The molecule has 0 bridgehead atoms. The summed E-state index contributed by atoms with van der Waals surface area (Å²) in [5.41, 5.74) is 0. The van der Waals surface area contributed by atoms with Gasteiger partial charge < -0.3 is 49.3 Å². The second kappa shape index (κ2) is 12.0. The van der Waals surface area contributed by atoms with Crippen molar-refractivity contribution < 1.29 is 57.8 Å². The van der Waals surface area contributed by atoms with Crippen molar-refractivity contribution in [2.45, 2.75) is 56.9 Å². The van der Waals surface area contributed by atoms with E-state index < -0.39 is 47.9 Å². The molecule has 188 valence electrons. The van der Waals surface area contributed by atoms with Crippen molar-refractivity contribution >= 4 is 24.1 Å². The second-order valence-corrected chi connectivity index (χ2v) is 7.71. The second-order valence-electron chi connectivity index (χ2n) is 7.71. The summed E-state index contributed by atoms with van der Waals surface area (Å²) in [6.45, 7) is 2.90. The number of carbonyl (C=O) groups is 4. The predicted molar refractivity (Wildman–Crippen MR) is 106 cm³/mol. The summed E-state index contributed by atoms with van der Waals surface area (Å²) in [4.78, 5) is 45.5. The maximum Gasteiger partial charge on any atom is 0.407 e. The van der Waals surface area contributed by atoms with Crippen molar-refractivity contribution in [3.63, 3.8) is 0 Å². The molecule has 2 amide bonds. The molecule has 4 N–H and O–H groups in total. The topological polar surface area (TPSA) is 188 Å². The monoisotopic (exact) mass is 478 g/mol. The van der Waals surface area contributed by atoms with E-state index in [2.05, 4.69) is 10.6 Å². The minimum Gasteiger partial charge on any atom is -0.477 e. The first-order chi connectivity index (χ1) is 15.5. The van der Waals surface area contributed by atoms with Crippen LogP contribution in [-0.2, 0) is 38.0 Å². The van der Waals surface area contributed by atoms with Crippen LogP contribution in [0.5, 0.6) is 0 Å². The lowest BCUT2D eigenvalue weighted by Crippen LogP contribution is -2.51. The van der Waals surface area contributed by atoms with Crippen LogP contribution in [0.4, 0.5) is 9.59 Å². The lowest BCUT2D eigenvalue weighted by Gasteiger charge is -2.33. The van der Waals surface area contributed by atoms with Gasteiger partial charge in [-0.05, 0) is 19.3 Å². The molecule has 2 heterocycles. The number of amides is 2. The van der Waals surface area contributed by atoms with Gasteiger partial charge in [0, 0.05) is 26.9 Å². The van der Waals surface area contributed by atoms with Gasteiger partial charge in [-0.1, -0.05) is 0 Å². The normalized spacial score (nSPS) is 29.5. The smallest absolute Gasteiger partial charge is 0.407 e. The molecule has 0 aromatic carbocycles. The van der Waals surface area contributed by atoms with Crippen molar-refractivity contribution in [3.05, 3.63) is 0 Å². The molecule has 2 rings (SSSR count). The average Bonchev–Trinajstić information content (AvgIpc) is 2.76. The highest BCUT2D eigenvalue weighted by Crippen LogP contribution is 2.21. The van der Waals surface area contributed by atoms with Crippen molar-refractivity contribution in [2.75, 3.05) is 39.5 Å². The number of alkyl carbamates (subject to hydrolysis) is 2. The standard InChI is InChI=1S/C19H30N2O12/c1-18(14(22)23)28-8-12(9-29-18)32-16(26)20-6-4-3-5-7-21-17(27)33-13-10-30-19(2,15(24)25)31-11-13/h12-13H,3-11H2,1-2H3,(H,20,26)(H,21,27)(H,22,23)(H,24,25). The molecular weight excluding hydrogens is 448 g/mol. The Morgan fingerprint density at radius 2 is 1.06 bits per heavy atom. The summed E-state index contributed by atoms with van der Waals surface area (Å²) < 4.78 is 30.6. The van der Waals surface area contributed by atoms with Gasteiger partial charge in [-0.25, -0.2) is 19.2 Å². The maximum absolute atomic E-state index is 11.8. The molecule has 0 aromatic rings. The summed E-state index contributed by atoms with van der Waals surface area (Å²) in [5, 5.41) is 23.1. The molecule has 14 heteroatoms. The highest BCUT2D eigenvalue weighted by molar-refractivity contribution is 5.75. The Labute approximate surface area is 189 Å². The Morgan fingerprint density at radius 3 is 1.36 bits per heavy atom. The van der Waals surface area contributed by atoms with E-state index in [0.29, 0.717) is 32.4 Å². The first kappa shape index (κ1) is 26.6. The van der Waals surface area contributed by atoms with Crippen molar-refractivity contribution in [1.82, 2.24) is 10.6 Å². The lowest BCUT2D eigenvalue weighted by atomic mass is 10.2. The molecule has 0 radical (unpaired) electrons. The van der Waals surface area contributed by atoms with Gasteiger partial charge in [0.1, 0.15) is 0 Å². The van der Waals surface area contributed by atoms with Gasteiger partial charge in [0.05, 0.1) is 26.4 Å². The third-order valence-electron chi connectivity index (χ3n) is 4.90. The number of carboxylic acid groups (broad SMARTS) is 2. The molecule has 2 aliphatic rings. The van der Waals surface area contributed by atoms with Crippen molar-refractivity contribution in [1.29, 1.82) is 0 Å². The van der Waals surface area contributed by atoms with Crippen molar-refractivity contribution in [2.24, 2.45) is 0 Å². The van der Waals surface area contributed by atoms with E-state index in [-0.39, 0.29) is 26.4 Å². The van der Waals surface area contributed by atoms with Crippen molar-refractivity contribution in [3.8, 4) is 0 Å². The zero-order valence-corrected chi connectivity index (χ0v) is 18.5. The molecule has 0 aliphatic carbocycles. The summed E-state index contributed by atoms with van der Waals surface area (Å²) in [5.74, 6) is -5.99. The Balaban J connectivity index is 1.46. The van der Waals surface area contributed by atoms with E-state index in [4.69, 9.17) is 38.6 Å². The summed E-state index contributed by atoms with van der Waals surface area (Å²) in [7, 11) is 0.